The van der Waals surface area contributed by atoms with Crippen molar-refractivity contribution in [2.24, 2.45) is 0 Å². The van der Waals surface area contributed by atoms with E-state index in [1.165, 1.54) is 24.9 Å². The third-order valence-electron chi connectivity index (χ3n) is 4.00. The Morgan fingerprint density at radius 3 is 2.66 bits per heavy atom. The van der Waals surface area contributed by atoms with Crippen LogP contribution in [0.1, 0.15) is 15.9 Å². The standard InChI is InChI=1S/C19H17Cl2N5O2S/c1-11-3-5-13(8-16(11)21)26-10-23-25-19(26)29-9-17(27)24-12-4-6-15(20)14(7-12)18(28)22-2/h3-8,10H,9H2,1-2H3,(H,22,28)(H,24,27). The van der Waals surface area contributed by atoms with E-state index in [9.17, 15) is 9.59 Å². The summed E-state index contributed by atoms with van der Waals surface area (Å²) in [7, 11) is 1.51. The zero-order valence-corrected chi connectivity index (χ0v) is 17.9. The normalized spacial score (nSPS) is 10.6. The van der Waals surface area contributed by atoms with E-state index in [4.69, 9.17) is 23.2 Å². The maximum Gasteiger partial charge on any atom is 0.252 e. The predicted octanol–water partition coefficient (Wildman–Crippen LogP) is 3.97. The number of rotatable bonds is 6. The molecule has 0 aliphatic heterocycles. The number of hydrogen-bond acceptors (Lipinski definition) is 5. The van der Waals surface area contributed by atoms with Crippen molar-refractivity contribution in [3.05, 3.63) is 63.9 Å². The van der Waals surface area contributed by atoms with E-state index in [0.29, 0.717) is 20.9 Å². The van der Waals surface area contributed by atoms with Crippen LogP contribution in [0.25, 0.3) is 5.69 Å². The number of aromatic nitrogens is 3. The first-order chi connectivity index (χ1) is 13.9. The topological polar surface area (TPSA) is 88.9 Å². The highest BCUT2D eigenvalue weighted by Crippen LogP contribution is 2.24. The minimum atomic E-state index is -0.328. The molecule has 3 aromatic rings. The molecule has 0 atom stereocenters. The molecule has 0 saturated carbocycles. The molecule has 0 saturated heterocycles. The lowest BCUT2D eigenvalue weighted by Gasteiger charge is -2.09. The molecule has 1 heterocycles. The molecule has 2 amide bonds. The van der Waals surface area contributed by atoms with Gasteiger partial charge in [0.25, 0.3) is 5.91 Å². The number of carbonyl (C=O) groups excluding carboxylic acids is 2. The smallest absolute Gasteiger partial charge is 0.252 e. The molecule has 1 aromatic heterocycles. The van der Waals surface area contributed by atoms with Crippen LogP contribution in [0.5, 0.6) is 0 Å². The number of carbonyl (C=O) groups is 2. The lowest BCUT2D eigenvalue weighted by molar-refractivity contribution is -0.113. The molecule has 10 heteroatoms. The summed E-state index contributed by atoms with van der Waals surface area (Å²) < 4.78 is 1.76. The fourth-order valence-electron chi connectivity index (χ4n) is 2.47. The fraction of sp³-hybridized carbons (Fsp3) is 0.158. The van der Waals surface area contributed by atoms with Gasteiger partial charge in [0.15, 0.2) is 5.16 Å². The predicted molar refractivity (Wildman–Crippen MR) is 115 cm³/mol. The second-order valence-electron chi connectivity index (χ2n) is 6.03. The van der Waals surface area contributed by atoms with Crippen LogP contribution < -0.4 is 10.6 Å². The number of amides is 2. The van der Waals surface area contributed by atoms with Crippen LogP contribution >= 0.6 is 35.0 Å². The third kappa shape index (κ3) is 5.09. The van der Waals surface area contributed by atoms with Gasteiger partial charge in [0.2, 0.25) is 5.91 Å². The van der Waals surface area contributed by atoms with Crippen molar-refractivity contribution in [2.45, 2.75) is 12.1 Å². The third-order valence-corrected chi connectivity index (χ3v) is 5.68. The Morgan fingerprint density at radius 2 is 1.93 bits per heavy atom. The number of benzene rings is 2. The number of aryl methyl sites for hydroxylation is 1. The number of thioether (sulfide) groups is 1. The average molecular weight is 450 g/mol. The van der Waals surface area contributed by atoms with Crippen molar-refractivity contribution in [3.63, 3.8) is 0 Å². The number of anilines is 1. The van der Waals surface area contributed by atoms with E-state index in [2.05, 4.69) is 20.8 Å². The first-order valence-corrected chi connectivity index (χ1v) is 10.2. The van der Waals surface area contributed by atoms with Gasteiger partial charge in [-0.15, -0.1) is 10.2 Å². The van der Waals surface area contributed by atoms with Crippen LogP contribution in [0.3, 0.4) is 0 Å². The highest BCUT2D eigenvalue weighted by molar-refractivity contribution is 7.99. The van der Waals surface area contributed by atoms with Crippen molar-refractivity contribution in [1.29, 1.82) is 0 Å². The minimum Gasteiger partial charge on any atom is -0.355 e. The summed E-state index contributed by atoms with van der Waals surface area (Å²) in [6.07, 6.45) is 1.57. The quantitative estimate of drug-likeness (QED) is 0.555. The molecule has 2 aromatic carbocycles. The molecule has 150 valence electrons. The van der Waals surface area contributed by atoms with E-state index in [1.807, 2.05) is 25.1 Å². The first-order valence-electron chi connectivity index (χ1n) is 8.50. The van der Waals surface area contributed by atoms with E-state index < -0.39 is 0 Å². The van der Waals surface area contributed by atoms with Gasteiger partial charge in [-0.3, -0.25) is 14.2 Å². The maximum atomic E-state index is 12.3. The molecule has 0 fully saturated rings. The van der Waals surface area contributed by atoms with Crippen molar-refractivity contribution in [2.75, 3.05) is 18.1 Å². The van der Waals surface area contributed by atoms with Crippen LogP contribution in [-0.4, -0.2) is 39.4 Å². The Labute approximate surface area is 181 Å². The molecule has 0 unspecified atom stereocenters. The molecular formula is C19H17Cl2N5O2S. The number of nitrogens with zero attached hydrogens (tertiary/aromatic N) is 3. The van der Waals surface area contributed by atoms with E-state index in [0.717, 1.165) is 11.3 Å². The lowest BCUT2D eigenvalue weighted by atomic mass is 10.2. The zero-order chi connectivity index (χ0) is 21.0. The highest BCUT2D eigenvalue weighted by atomic mass is 35.5. The molecule has 0 radical (unpaired) electrons. The van der Waals surface area contributed by atoms with Gasteiger partial charge in [-0.1, -0.05) is 41.0 Å². The van der Waals surface area contributed by atoms with E-state index >= 15 is 0 Å². The summed E-state index contributed by atoms with van der Waals surface area (Å²) in [4.78, 5) is 24.2. The monoisotopic (exact) mass is 449 g/mol. The van der Waals surface area contributed by atoms with E-state index in [-0.39, 0.29) is 23.1 Å². The van der Waals surface area contributed by atoms with Gasteiger partial charge >= 0.3 is 0 Å². The average Bonchev–Trinajstić information content (AvgIpc) is 3.18. The molecule has 3 rings (SSSR count). The lowest BCUT2D eigenvalue weighted by Crippen LogP contribution is -2.19. The zero-order valence-electron chi connectivity index (χ0n) is 15.6. The van der Waals surface area contributed by atoms with Crippen molar-refractivity contribution < 1.29 is 9.59 Å². The molecule has 2 N–H and O–H groups in total. The largest absolute Gasteiger partial charge is 0.355 e. The van der Waals surface area contributed by atoms with Gasteiger partial charge < -0.3 is 10.6 Å². The summed E-state index contributed by atoms with van der Waals surface area (Å²) in [6, 6.07) is 10.4. The van der Waals surface area contributed by atoms with Crippen LogP contribution in [0.15, 0.2) is 47.9 Å². The summed E-state index contributed by atoms with van der Waals surface area (Å²) in [5, 5.41) is 14.7. The van der Waals surface area contributed by atoms with Gasteiger partial charge in [0.1, 0.15) is 6.33 Å². The Kier molecular flexibility index (Phi) is 6.79. The number of hydrogen-bond donors (Lipinski definition) is 2. The van der Waals surface area contributed by atoms with Gasteiger partial charge in [-0.25, -0.2) is 0 Å². The Morgan fingerprint density at radius 1 is 1.14 bits per heavy atom. The van der Waals surface area contributed by atoms with Crippen molar-refractivity contribution >= 4 is 52.5 Å². The molecule has 7 nitrogen and oxygen atoms in total. The van der Waals surface area contributed by atoms with Crippen LogP contribution in [0, 0.1) is 6.92 Å². The van der Waals surface area contributed by atoms with Gasteiger partial charge in [-0.2, -0.15) is 0 Å². The Balaban J connectivity index is 1.67. The van der Waals surface area contributed by atoms with Gasteiger partial charge in [-0.05, 0) is 42.8 Å². The second kappa shape index (κ2) is 9.30. The second-order valence-corrected chi connectivity index (χ2v) is 7.78. The van der Waals surface area contributed by atoms with Crippen molar-refractivity contribution in [3.8, 4) is 5.69 Å². The van der Waals surface area contributed by atoms with Crippen LogP contribution in [0.2, 0.25) is 10.0 Å². The minimum absolute atomic E-state index is 0.107. The first kappa shape index (κ1) is 21.2. The fourth-order valence-corrected chi connectivity index (χ4v) is 3.58. The number of halogens is 2. The van der Waals surface area contributed by atoms with Crippen LogP contribution in [0.4, 0.5) is 5.69 Å². The van der Waals surface area contributed by atoms with Gasteiger partial charge in [0.05, 0.1) is 22.0 Å². The Hall–Kier alpha value is -2.55. The maximum absolute atomic E-state index is 12.3. The van der Waals surface area contributed by atoms with Crippen molar-refractivity contribution in [1.82, 2.24) is 20.1 Å². The molecule has 0 spiro atoms. The summed E-state index contributed by atoms with van der Waals surface area (Å²) >= 11 is 13.5. The molecule has 0 aliphatic rings. The summed E-state index contributed by atoms with van der Waals surface area (Å²) in [5.74, 6) is -0.474. The molecule has 29 heavy (non-hydrogen) atoms. The van der Waals surface area contributed by atoms with Gasteiger partial charge in [0, 0.05) is 17.8 Å². The summed E-state index contributed by atoms with van der Waals surface area (Å²) in [5.41, 5.74) is 2.54. The molecular weight excluding hydrogens is 433 g/mol. The summed E-state index contributed by atoms with van der Waals surface area (Å²) in [6.45, 7) is 1.92. The number of nitrogens with one attached hydrogen (secondary N) is 2. The Bertz CT molecular complexity index is 1070. The van der Waals surface area contributed by atoms with Crippen LogP contribution in [-0.2, 0) is 4.79 Å². The molecule has 0 aliphatic carbocycles. The highest BCUT2D eigenvalue weighted by Gasteiger charge is 2.13. The molecule has 0 bridgehead atoms. The van der Waals surface area contributed by atoms with E-state index in [1.54, 1.807) is 23.0 Å². The SMILES string of the molecule is CNC(=O)c1cc(NC(=O)CSc2nncn2-c2ccc(C)c(Cl)c2)ccc1Cl.